The Bertz CT molecular complexity index is 591. The molecular formula is C16H18N2. The molecule has 1 aromatic carbocycles. The van der Waals surface area contributed by atoms with Crippen molar-refractivity contribution in [1.29, 1.82) is 0 Å². The summed E-state index contributed by atoms with van der Waals surface area (Å²) >= 11 is 0. The number of hydrogen-bond acceptors (Lipinski definition) is 2. The lowest BCUT2D eigenvalue weighted by Crippen LogP contribution is -2.14. The number of aryl methyl sites for hydroxylation is 1. The van der Waals surface area contributed by atoms with Crippen molar-refractivity contribution in [3.8, 4) is 11.8 Å². The van der Waals surface area contributed by atoms with E-state index in [9.17, 15) is 0 Å². The van der Waals surface area contributed by atoms with Crippen LogP contribution in [0.25, 0.3) is 10.9 Å². The lowest BCUT2D eigenvalue weighted by Gasteiger charge is -2.05. The molecule has 2 rings (SSSR count). The molecule has 18 heavy (non-hydrogen) atoms. The van der Waals surface area contributed by atoms with Crippen LogP contribution in [0.3, 0.4) is 0 Å². The summed E-state index contributed by atoms with van der Waals surface area (Å²) in [7, 11) is 0. The molecule has 0 aliphatic carbocycles. The van der Waals surface area contributed by atoms with E-state index in [1.54, 1.807) is 0 Å². The highest BCUT2D eigenvalue weighted by molar-refractivity contribution is 5.79. The fraction of sp³-hybridized carbons (Fsp3) is 0.312. The fourth-order valence-corrected chi connectivity index (χ4v) is 1.90. The van der Waals surface area contributed by atoms with E-state index in [0.29, 0.717) is 0 Å². The Labute approximate surface area is 108 Å². The number of nitrogens with one attached hydrogen (secondary N) is 1. The minimum Gasteiger partial charge on any atom is -0.312 e. The molecule has 2 heteroatoms. The minimum atomic E-state index is 0.884. The minimum absolute atomic E-state index is 0.884. The SMILES string of the molecule is CC#CCCNCc1ccc2nc(C)ccc2c1. The van der Waals surface area contributed by atoms with Crippen molar-refractivity contribution in [2.24, 2.45) is 0 Å². The zero-order chi connectivity index (χ0) is 12.8. The summed E-state index contributed by atoms with van der Waals surface area (Å²) in [4.78, 5) is 4.50. The van der Waals surface area contributed by atoms with Gasteiger partial charge in [-0.1, -0.05) is 12.1 Å². The van der Waals surface area contributed by atoms with Crippen molar-refractivity contribution in [3.05, 3.63) is 41.6 Å². The second kappa shape index (κ2) is 6.18. The first-order valence-corrected chi connectivity index (χ1v) is 6.26. The van der Waals surface area contributed by atoms with E-state index in [4.69, 9.17) is 0 Å². The number of pyridine rings is 1. The smallest absolute Gasteiger partial charge is 0.0705 e. The molecule has 0 radical (unpaired) electrons. The largest absolute Gasteiger partial charge is 0.312 e. The number of hydrogen-bond donors (Lipinski definition) is 1. The molecule has 1 N–H and O–H groups in total. The number of benzene rings is 1. The summed E-state index contributed by atoms with van der Waals surface area (Å²) in [5, 5.41) is 4.59. The van der Waals surface area contributed by atoms with E-state index in [1.807, 2.05) is 13.8 Å². The van der Waals surface area contributed by atoms with Gasteiger partial charge in [0.1, 0.15) is 0 Å². The fourth-order valence-electron chi connectivity index (χ4n) is 1.90. The first-order chi connectivity index (χ1) is 8.79. The maximum atomic E-state index is 4.50. The van der Waals surface area contributed by atoms with Gasteiger partial charge in [0.25, 0.3) is 0 Å². The van der Waals surface area contributed by atoms with Crippen molar-refractivity contribution >= 4 is 10.9 Å². The van der Waals surface area contributed by atoms with Crippen LogP contribution in [0.15, 0.2) is 30.3 Å². The first kappa shape index (κ1) is 12.6. The molecule has 0 atom stereocenters. The molecule has 1 heterocycles. The Morgan fingerprint density at radius 1 is 1.22 bits per heavy atom. The zero-order valence-corrected chi connectivity index (χ0v) is 11.0. The Kier molecular flexibility index (Phi) is 4.33. The maximum absolute atomic E-state index is 4.50. The molecule has 0 amide bonds. The molecular weight excluding hydrogens is 220 g/mol. The molecule has 0 saturated heterocycles. The summed E-state index contributed by atoms with van der Waals surface area (Å²) in [5.41, 5.74) is 3.42. The molecule has 92 valence electrons. The van der Waals surface area contributed by atoms with Gasteiger partial charge >= 0.3 is 0 Å². The molecule has 2 aromatic rings. The Morgan fingerprint density at radius 3 is 2.94 bits per heavy atom. The van der Waals surface area contributed by atoms with E-state index in [-0.39, 0.29) is 0 Å². The maximum Gasteiger partial charge on any atom is 0.0705 e. The molecule has 0 aliphatic rings. The van der Waals surface area contributed by atoms with Crippen LogP contribution in [0.4, 0.5) is 0 Å². The lowest BCUT2D eigenvalue weighted by molar-refractivity contribution is 0.702. The van der Waals surface area contributed by atoms with Crippen LogP contribution in [0.5, 0.6) is 0 Å². The Hall–Kier alpha value is -1.85. The van der Waals surface area contributed by atoms with Crippen LogP contribution in [0.1, 0.15) is 24.6 Å². The molecule has 0 fully saturated rings. The molecule has 0 spiro atoms. The van der Waals surface area contributed by atoms with E-state index >= 15 is 0 Å². The van der Waals surface area contributed by atoms with Gasteiger partial charge in [0.05, 0.1) is 5.52 Å². The van der Waals surface area contributed by atoms with Crippen LogP contribution in [-0.2, 0) is 6.54 Å². The Balaban J connectivity index is 2.01. The van der Waals surface area contributed by atoms with E-state index < -0.39 is 0 Å². The lowest BCUT2D eigenvalue weighted by atomic mass is 10.1. The highest BCUT2D eigenvalue weighted by Crippen LogP contribution is 2.14. The van der Waals surface area contributed by atoms with E-state index in [2.05, 4.69) is 52.5 Å². The van der Waals surface area contributed by atoms with Crippen molar-refractivity contribution in [3.63, 3.8) is 0 Å². The molecule has 0 saturated carbocycles. The first-order valence-electron chi connectivity index (χ1n) is 6.26. The molecule has 0 bridgehead atoms. The van der Waals surface area contributed by atoms with Gasteiger partial charge in [-0.15, -0.1) is 11.8 Å². The number of aromatic nitrogens is 1. The highest BCUT2D eigenvalue weighted by atomic mass is 14.8. The summed E-state index contributed by atoms with van der Waals surface area (Å²) < 4.78 is 0. The number of rotatable bonds is 4. The third-order valence-electron chi connectivity index (χ3n) is 2.83. The van der Waals surface area contributed by atoms with Crippen LogP contribution in [-0.4, -0.2) is 11.5 Å². The second-order valence-corrected chi connectivity index (χ2v) is 4.33. The van der Waals surface area contributed by atoms with Gasteiger partial charge in [-0.2, -0.15) is 0 Å². The van der Waals surface area contributed by atoms with Crippen LogP contribution < -0.4 is 5.32 Å². The van der Waals surface area contributed by atoms with Gasteiger partial charge in [-0.3, -0.25) is 4.98 Å². The quantitative estimate of drug-likeness (QED) is 0.654. The summed E-state index contributed by atoms with van der Waals surface area (Å²) in [6.45, 7) is 5.71. The molecule has 1 aromatic heterocycles. The summed E-state index contributed by atoms with van der Waals surface area (Å²) in [5.74, 6) is 5.95. The molecule has 2 nitrogen and oxygen atoms in total. The molecule has 0 unspecified atom stereocenters. The standard InChI is InChI=1S/C16H18N2/c1-3-4-5-10-17-12-14-7-9-16-15(11-14)8-6-13(2)18-16/h6-9,11,17H,5,10,12H2,1-2H3. The van der Waals surface area contributed by atoms with Gasteiger partial charge in [0.2, 0.25) is 0 Å². The predicted octanol–water partition coefficient (Wildman–Crippen LogP) is 3.05. The normalized spacial score (nSPS) is 10.1. The van der Waals surface area contributed by atoms with Crippen LogP contribution in [0.2, 0.25) is 0 Å². The summed E-state index contributed by atoms with van der Waals surface area (Å²) in [6, 6.07) is 10.6. The van der Waals surface area contributed by atoms with Gasteiger partial charge in [0.15, 0.2) is 0 Å². The van der Waals surface area contributed by atoms with E-state index in [0.717, 1.165) is 30.7 Å². The number of fused-ring (bicyclic) bond motifs is 1. The van der Waals surface area contributed by atoms with Gasteiger partial charge in [0, 0.05) is 30.6 Å². The van der Waals surface area contributed by atoms with Crippen molar-refractivity contribution in [2.45, 2.75) is 26.8 Å². The third kappa shape index (κ3) is 3.32. The Morgan fingerprint density at radius 2 is 2.11 bits per heavy atom. The predicted molar refractivity (Wildman–Crippen MR) is 76.3 cm³/mol. The summed E-state index contributed by atoms with van der Waals surface area (Å²) in [6.07, 6.45) is 0.908. The van der Waals surface area contributed by atoms with Gasteiger partial charge < -0.3 is 5.32 Å². The van der Waals surface area contributed by atoms with Crippen LogP contribution >= 0.6 is 0 Å². The van der Waals surface area contributed by atoms with Gasteiger partial charge in [-0.05, 0) is 37.6 Å². The topological polar surface area (TPSA) is 24.9 Å². The van der Waals surface area contributed by atoms with E-state index in [1.165, 1.54) is 10.9 Å². The highest BCUT2D eigenvalue weighted by Gasteiger charge is 1.98. The number of nitrogens with zero attached hydrogens (tertiary/aromatic N) is 1. The zero-order valence-electron chi connectivity index (χ0n) is 11.0. The van der Waals surface area contributed by atoms with Crippen molar-refractivity contribution in [2.75, 3.05) is 6.54 Å². The monoisotopic (exact) mass is 238 g/mol. The second-order valence-electron chi connectivity index (χ2n) is 4.33. The third-order valence-corrected chi connectivity index (χ3v) is 2.83. The molecule has 0 aliphatic heterocycles. The average molecular weight is 238 g/mol. The van der Waals surface area contributed by atoms with Gasteiger partial charge in [-0.25, -0.2) is 0 Å². The van der Waals surface area contributed by atoms with Crippen LogP contribution in [0, 0.1) is 18.8 Å². The average Bonchev–Trinajstić information content (AvgIpc) is 2.38. The van der Waals surface area contributed by atoms with Crippen molar-refractivity contribution < 1.29 is 0 Å². The van der Waals surface area contributed by atoms with Crippen molar-refractivity contribution in [1.82, 2.24) is 10.3 Å².